The highest BCUT2D eigenvalue weighted by Crippen LogP contribution is 2.50. The van der Waals surface area contributed by atoms with Gasteiger partial charge in [-0.25, -0.2) is 8.78 Å². The van der Waals surface area contributed by atoms with Crippen molar-refractivity contribution < 1.29 is 23.5 Å². The maximum atomic E-state index is 13.8. The van der Waals surface area contributed by atoms with Gasteiger partial charge in [0.2, 0.25) is 5.43 Å². The summed E-state index contributed by atoms with van der Waals surface area (Å²) in [6, 6.07) is 2.97. The second-order valence-corrected chi connectivity index (χ2v) is 8.36. The van der Waals surface area contributed by atoms with Crippen LogP contribution >= 0.6 is 0 Å². The van der Waals surface area contributed by atoms with Crippen LogP contribution in [0.15, 0.2) is 29.2 Å². The Labute approximate surface area is 169 Å². The van der Waals surface area contributed by atoms with Crippen molar-refractivity contribution in [1.29, 1.82) is 0 Å². The van der Waals surface area contributed by atoms with E-state index in [0.29, 0.717) is 25.1 Å². The highest BCUT2D eigenvalue weighted by atomic mass is 19.1. The maximum absolute atomic E-state index is 13.8. The predicted octanol–water partition coefficient (Wildman–Crippen LogP) is 1.77. The summed E-state index contributed by atoms with van der Waals surface area (Å²) in [4.78, 5) is 39.9. The van der Waals surface area contributed by atoms with E-state index in [-0.39, 0.29) is 28.9 Å². The van der Waals surface area contributed by atoms with Gasteiger partial charge in [-0.2, -0.15) is 0 Å². The number of rotatable bonds is 3. The Morgan fingerprint density at radius 2 is 2.10 bits per heavy atom. The van der Waals surface area contributed by atoms with Crippen molar-refractivity contribution in [3.05, 3.63) is 63.1 Å². The lowest BCUT2D eigenvalue weighted by Gasteiger charge is -2.44. The molecule has 3 heterocycles. The first-order valence-electron chi connectivity index (χ1n) is 9.79. The van der Waals surface area contributed by atoms with Gasteiger partial charge in [-0.1, -0.05) is 6.07 Å². The van der Waals surface area contributed by atoms with E-state index in [1.165, 1.54) is 16.8 Å². The molecule has 2 aliphatic heterocycles. The number of fused-ring (bicyclic) bond motifs is 2. The third-order valence-corrected chi connectivity index (χ3v) is 6.57. The fourth-order valence-electron chi connectivity index (χ4n) is 5.14. The fourth-order valence-corrected chi connectivity index (χ4v) is 5.14. The van der Waals surface area contributed by atoms with Gasteiger partial charge < -0.3 is 19.9 Å². The molecule has 156 valence electrons. The highest BCUT2D eigenvalue weighted by molar-refractivity contribution is 5.99. The van der Waals surface area contributed by atoms with Gasteiger partial charge in [0.1, 0.15) is 17.2 Å². The van der Waals surface area contributed by atoms with Crippen LogP contribution in [0.4, 0.5) is 8.78 Å². The Bertz CT molecular complexity index is 1160. The molecule has 30 heavy (non-hydrogen) atoms. The zero-order valence-corrected chi connectivity index (χ0v) is 16.0. The van der Waals surface area contributed by atoms with E-state index in [2.05, 4.69) is 5.32 Å². The van der Waals surface area contributed by atoms with Crippen molar-refractivity contribution in [2.75, 3.05) is 6.54 Å². The van der Waals surface area contributed by atoms with E-state index < -0.39 is 34.6 Å². The number of aromatic hydroxyl groups is 1. The predicted molar refractivity (Wildman–Crippen MR) is 101 cm³/mol. The topological polar surface area (TPSA) is 91.6 Å². The summed E-state index contributed by atoms with van der Waals surface area (Å²) < 4.78 is 28.3. The summed E-state index contributed by atoms with van der Waals surface area (Å²) >= 11 is 0. The zero-order valence-electron chi connectivity index (χ0n) is 16.0. The van der Waals surface area contributed by atoms with Crippen LogP contribution in [0.1, 0.15) is 45.7 Å². The van der Waals surface area contributed by atoms with Gasteiger partial charge in [0.05, 0.1) is 5.54 Å². The van der Waals surface area contributed by atoms with Crippen molar-refractivity contribution >= 4 is 11.8 Å². The van der Waals surface area contributed by atoms with Gasteiger partial charge >= 0.3 is 0 Å². The minimum Gasteiger partial charge on any atom is -0.503 e. The number of carbonyl (C=O) groups is 2. The number of pyridine rings is 1. The van der Waals surface area contributed by atoms with Crippen LogP contribution in [-0.4, -0.2) is 38.5 Å². The van der Waals surface area contributed by atoms with Crippen molar-refractivity contribution in [1.82, 2.24) is 14.8 Å². The van der Waals surface area contributed by atoms with E-state index in [9.17, 15) is 28.3 Å². The standard InChI is InChI=1S/C21H19F2N3O4/c22-13-2-1-12(15(23)5-13)7-24-19(29)14-9-25-10-21-4-3-11(6-21)8-26(21)20(30)16(25)18(28)17(14)27/h1-2,5,9,11,28H,3-4,6-8,10H2,(H,24,29)/t11?,21-/m0/s1. The van der Waals surface area contributed by atoms with Gasteiger partial charge in [-0.05, 0) is 31.2 Å². The average Bonchev–Trinajstić information content (AvgIpc) is 3.27. The van der Waals surface area contributed by atoms with Crippen molar-refractivity contribution in [3.8, 4) is 5.75 Å². The Kier molecular flexibility index (Phi) is 4.00. The third kappa shape index (κ3) is 2.64. The zero-order chi connectivity index (χ0) is 21.2. The Balaban J connectivity index is 1.46. The summed E-state index contributed by atoms with van der Waals surface area (Å²) in [6.45, 7) is 0.772. The van der Waals surface area contributed by atoms with Crippen LogP contribution in [0.25, 0.3) is 0 Å². The molecule has 2 fully saturated rings. The Morgan fingerprint density at radius 1 is 1.30 bits per heavy atom. The fraction of sp³-hybridized carbons (Fsp3) is 0.381. The van der Waals surface area contributed by atoms with Crippen LogP contribution in [-0.2, 0) is 13.1 Å². The number of halogens is 2. The lowest BCUT2D eigenvalue weighted by Crippen LogP contribution is -2.55. The molecule has 1 saturated heterocycles. The van der Waals surface area contributed by atoms with E-state index in [1.54, 1.807) is 4.90 Å². The largest absolute Gasteiger partial charge is 0.503 e. The Hall–Kier alpha value is -3.23. The molecule has 1 aliphatic carbocycles. The number of hydrogen-bond acceptors (Lipinski definition) is 4. The number of benzene rings is 1. The Morgan fingerprint density at radius 3 is 2.83 bits per heavy atom. The number of nitrogens with zero attached hydrogens (tertiary/aromatic N) is 2. The van der Waals surface area contributed by atoms with E-state index in [0.717, 1.165) is 25.3 Å². The van der Waals surface area contributed by atoms with Crippen LogP contribution in [0.5, 0.6) is 5.75 Å². The number of nitrogens with one attached hydrogen (secondary N) is 1. The lowest BCUT2D eigenvalue weighted by atomic mass is 9.93. The summed E-state index contributed by atoms with van der Waals surface area (Å²) in [7, 11) is 0. The molecule has 1 aromatic carbocycles. The molecule has 1 aromatic heterocycles. The number of carbonyl (C=O) groups excluding carboxylic acids is 2. The average molecular weight is 415 g/mol. The first-order valence-corrected chi connectivity index (χ1v) is 9.79. The maximum Gasteiger partial charge on any atom is 0.275 e. The van der Waals surface area contributed by atoms with E-state index >= 15 is 0 Å². The second-order valence-electron chi connectivity index (χ2n) is 8.36. The van der Waals surface area contributed by atoms with Crippen LogP contribution in [0, 0.1) is 17.6 Å². The van der Waals surface area contributed by atoms with Crippen LogP contribution in [0.2, 0.25) is 0 Å². The van der Waals surface area contributed by atoms with Gasteiger partial charge in [-0.3, -0.25) is 14.4 Å². The summed E-state index contributed by atoms with van der Waals surface area (Å²) in [5.41, 5.74) is -1.66. The number of aromatic nitrogens is 1. The van der Waals surface area contributed by atoms with Crippen molar-refractivity contribution in [2.24, 2.45) is 5.92 Å². The molecule has 1 unspecified atom stereocenters. The first kappa shape index (κ1) is 18.8. The molecule has 7 nitrogen and oxygen atoms in total. The normalized spacial score (nSPS) is 24.0. The molecular formula is C21H19F2N3O4. The molecule has 2 aromatic rings. The number of amides is 2. The molecule has 1 saturated carbocycles. The number of piperidine rings is 1. The van der Waals surface area contributed by atoms with Crippen LogP contribution in [0.3, 0.4) is 0 Å². The molecule has 2 amide bonds. The second kappa shape index (κ2) is 6.38. The van der Waals surface area contributed by atoms with Gasteiger partial charge in [-0.15, -0.1) is 0 Å². The summed E-state index contributed by atoms with van der Waals surface area (Å²) in [5.74, 6) is -3.08. The molecule has 9 heteroatoms. The summed E-state index contributed by atoms with van der Waals surface area (Å²) in [5, 5.41) is 12.8. The number of hydrogen-bond donors (Lipinski definition) is 2. The molecule has 1 spiro atoms. The van der Waals surface area contributed by atoms with Gasteiger partial charge in [0.15, 0.2) is 11.4 Å². The molecule has 2 atom stereocenters. The van der Waals surface area contributed by atoms with Gasteiger partial charge in [0, 0.05) is 37.5 Å². The summed E-state index contributed by atoms with van der Waals surface area (Å²) in [6.07, 6.45) is 4.04. The van der Waals surface area contributed by atoms with E-state index in [4.69, 9.17) is 0 Å². The quantitative estimate of drug-likeness (QED) is 0.800. The van der Waals surface area contributed by atoms with Crippen molar-refractivity contribution in [2.45, 2.75) is 37.9 Å². The SMILES string of the molecule is O=C(NCc1ccc(F)cc1F)c1cn2c(c(O)c1=O)C(=O)N1CC3CC[C@]1(C3)C2. The van der Waals surface area contributed by atoms with Crippen LogP contribution < -0.4 is 10.7 Å². The molecule has 5 rings (SSSR count). The van der Waals surface area contributed by atoms with Crippen molar-refractivity contribution in [3.63, 3.8) is 0 Å². The smallest absolute Gasteiger partial charge is 0.275 e. The minimum atomic E-state index is -0.952. The highest BCUT2D eigenvalue weighted by Gasteiger charge is 2.56. The minimum absolute atomic E-state index is 0.0553. The molecule has 2 bridgehead atoms. The molecule has 0 radical (unpaired) electrons. The first-order chi connectivity index (χ1) is 14.3. The van der Waals surface area contributed by atoms with Gasteiger partial charge in [0.25, 0.3) is 11.8 Å². The molecular weight excluding hydrogens is 396 g/mol. The van der Waals surface area contributed by atoms with E-state index in [1.807, 2.05) is 0 Å². The third-order valence-electron chi connectivity index (χ3n) is 6.57. The monoisotopic (exact) mass is 415 g/mol. The molecule has 2 N–H and O–H groups in total. The molecule has 3 aliphatic rings. The lowest BCUT2D eigenvalue weighted by molar-refractivity contribution is 0.0397.